The van der Waals surface area contributed by atoms with Crippen LogP contribution in [0.1, 0.15) is 31.1 Å². The number of benzene rings is 2. The molecule has 1 fully saturated rings. The summed E-state index contributed by atoms with van der Waals surface area (Å²) in [6.45, 7) is 6.18. The molecule has 0 aliphatic carbocycles. The number of hydrogen-bond donors (Lipinski definition) is 0. The van der Waals surface area contributed by atoms with Crippen LogP contribution in [0.4, 0.5) is 13.2 Å². The van der Waals surface area contributed by atoms with Crippen LogP contribution >= 0.6 is 0 Å². The van der Waals surface area contributed by atoms with Gasteiger partial charge >= 0.3 is 6.18 Å². The van der Waals surface area contributed by atoms with Crippen molar-refractivity contribution in [3.05, 3.63) is 59.7 Å². The molecule has 0 bridgehead atoms. The Kier molecular flexibility index (Phi) is 6.70. The third kappa shape index (κ3) is 5.22. The molecule has 0 radical (unpaired) electrons. The molecule has 0 amide bonds. The number of para-hydroxylation sites is 2. The number of methoxy groups -OCH3 is 1. The second-order valence-corrected chi connectivity index (χ2v) is 7.31. The van der Waals surface area contributed by atoms with Gasteiger partial charge < -0.3 is 14.2 Å². The van der Waals surface area contributed by atoms with E-state index in [1.807, 2.05) is 12.1 Å². The molecule has 3 rings (SSSR count). The topological polar surface area (TPSA) is 30.9 Å². The maximum absolute atomic E-state index is 13.0. The summed E-state index contributed by atoms with van der Waals surface area (Å²) >= 11 is 0. The molecule has 2 aromatic carbocycles. The van der Waals surface area contributed by atoms with Gasteiger partial charge in [0.1, 0.15) is 6.10 Å². The fourth-order valence-electron chi connectivity index (χ4n) is 3.42. The molecule has 4 nitrogen and oxygen atoms in total. The molecule has 29 heavy (non-hydrogen) atoms. The van der Waals surface area contributed by atoms with E-state index in [2.05, 4.69) is 18.7 Å². The Hall–Kier alpha value is -2.25. The Labute approximate surface area is 169 Å². The van der Waals surface area contributed by atoms with Gasteiger partial charge in [0.2, 0.25) is 0 Å². The van der Waals surface area contributed by atoms with Gasteiger partial charge in [-0.1, -0.05) is 24.3 Å². The highest BCUT2D eigenvalue weighted by Crippen LogP contribution is 2.36. The number of nitrogens with zero attached hydrogens (tertiary/aromatic N) is 1. The van der Waals surface area contributed by atoms with Gasteiger partial charge in [0.05, 0.1) is 19.3 Å². The van der Waals surface area contributed by atoms with Crippen LogP contribution in [0, 0.1) is 0 Å². The van der Waals surface area contributed by atoms with Crippen LogP contribution < -0.4 is 9.47 Å². The first-order chi connectivity index (χ1) is 13.8. The van der Waals surface area contributed by atoms with Crippen molar-refractivity contribution in [1.29, 1.82) is 0 Å². The number of alkyl halides is 3. The lowest BCUT2D eigenvalue weighted by Crippen LogP contribution is -2.48. The highest BCUT2D eigenvalue weighted by atomic mass is 19.4. The molecule has 2 atom stereocenters. The molecule has 0 saturated carbocycles. The fourth-order valence-corrected chi connectivity index (χ4v) is 3.42. The Bertz CT molecular complexity index is 793. The van der Waals surface area contributed by atoms with E-state index in [9.17, 15) is 13.2 Å². The fraction of sp³-hybridized carbons (Fsp3) is 0.455. The third-order valence-electron chi connectivity index (χ3n) is 5.08. The standard InChI is InChI=1S/C22H26F3NO3/c1-15(2)26-12-13-28-20(14-26)21(29-19-7-5-4-6-18(19)27-3)16-8-10-17(11-9-16)22(23,24)25/h4-11,15,20-21H,12-14H2,1-3H3. The molecule has 0 aromatic heterocycles. The average molecular weight is 409 g/mol. The van der Waals surface area contributed by atoms with Crippen molar-refractivity contribution in [3.8, 4) is 11.5 Å². The van der Waals surface area contributed by atoms with E-state index in [0.717, 1.165) is 18.7 Å². The zero-order valence-electron chi connectivity index (χ0n) is 16.8. The molecule has 1 aliphatic heterocycles. The first-order valence-corrected chi connectivity index (χ1v) is 9.62. The van der Waals surface area contributed by atoms with Crippen molar-refractivity contribution in [2.75, 3.05) is 26.8 Å². The molecular formula is C22H26F3NO3. The van der Waals surface area contributed by atoms with Crippen molar-refractivity contribution in [2.24, 2.45) is 0 Å². The summed E-state index contributed by atoms with van der Waals surface area (Å²) in [6, 6.07) is 12.6. The Balaban J connectivity index is 1.93. The van der Waals surface area contributed by atoms with E-state index in [1.54, 1.807) is 19.2 Å². The predicted molar refractivity (Wildman–Crippen MR) is 104 cm³/mol. The first kappa shape index (κ1) is 21.5. The van der Waals surface area contributed by atoms with Gasteiger partial charge in [0.25, 0.3) is 0 Å². The van der Waals surface area contributed by atoms with Crippen LogP contribution in [-0.4, -0.2) is 43.9 Å². The van der Waals surface area contributed by atoms with E-state index < -0.39 is 17.8 Å². The van der Waals surface area contributed by atoms with Gasteiger partial charge in [-0.05, 0) is 43.7 Å². The maximum Gasteiger partial charge on any atom is 0.416 e. The average Bonchev–Trinajstić information content (AvgIpc) is 2.72. The first-order valence-electron chi connectivity index (χ1n) is 9.62. The zero-order chi connectivity index (χ0) is 21.0. The Morgan fingerprint density at radius 3 is 2.28 bits per heavy atom. The molecule has 1 aliphatic rings. The van der Waals surface area contributed by atoms with Gasteiger partial charge in [-0.3, -0.25) is 4.90 Å². The SMILES string of the molecule is COc1ccccc1OC(c1ccc(C(F)(F)F)cc1)C1CN(C(C)C)CCO1. The second kappa shape index (κ2) is 9.05. The van der Waals surface area contributed by atoms with Crippen molar-refractivity contribution >= 4 is 0 Å². The third-order valence-corrected chi connectivity index (χ3v) is 5.08. The number of rotatable bonds is 6. The van der Waals surface area contributed by atoms with Gasteiger partial charge in [-0.2, -0.15) is 13.2 Å². The Morgan fingerprint density at radius 1 is 1.03 bits per heavy atom. The normalized spacial score (nSPS) is 19.2. The van der Waals surface area contributed by atoms with E-state index in [1.165, 1.54) is 12.1 Å². The lowest BCUT2D eigenvalue weighted by Gasteiger charge is -2.39. The summed E-state index contributed by atoms with van der Waals surface area (Å²) < 4.78 is 56.6. The summed E-state index contributed by atoms with van der Waals surface area (Å²) in [5.74, 6) is 1.08. The van der Waals surface area contributed by atoms with Crippen LogP contribution in [0.15, 0.2) is 48.5 Å². The number of morpholine rings is 1. The van der Waals surface area contributed by atoms with Crippen molar-refractivity contribution in [1.82, 2.24) is 4.90 Å². The molecule has 158 valence electrons. The van der Waals surface area contributed by atoms with Crippen molar-refractivity contribution in [3.63, 3.8) is 0 Å². The van der Waals surface area contributed by atoms with Crippen LogP contribution in [-0.2, 0) is 10.9 Å². The van der Waals surface area contributed by atoms with Gasteiger partial charge in [-0.15, -0.1) is 0 Å². The maximum atomic E-state index is 13.0. The summed E-state index contributed by atoms with van der Waals surface area (Å²) in [5.41, 5.74) is -0.0647. The molecule has 0 spiro atoms. The van der Waals surface area contributed by atoms with Crippen LogP contribution in [0.2, 0.25) is 0 Å². The van der Waals surface area contributed by atoms with E-state index >= 15 is 0 Å². The van der Waals surface area contributed by atoms with Crippen LogP contribution in [0.5, 0.6) is 11.5 Å². The molecule has 2 unspecified atom stereocenters. The second-order valence-electron chi connectivity index (χ2n) is 7.31. The monoisotopic (exact) mass is 409 g/mol. The van der Waals surface area contributed by atoms with Crippen molar-refractivity contribution in [2.45, 2.75) is 38.3 Å². The summed E-state index contributed by atoms with van der Waals surface area (Å²) in [4.78, 5) is 2.27. The highest BCUT2D eigenvalue weighted by molar-refractivity contribution is 5.40. The van der Waals surface area contributed by atoms with Crippen molar-refractivity contribution < 1.29 is 27.4 Å². The lowest BCUT2D eigenvalue weighted by molar-refractivity contribution is -0.137. The van der Waals surface area contributed by atoms with Gasteiger partial charge in [-0.25, -0.2) is 0 Å². The minimum Gasteiger partial charge on any atom is -0.493 e. The smallest absolute Gasteiger partial charge is 0.416 e. The molecule has 1 saturated heterocycles. The predicted octanol–water partition coefficient (Wildman–Crippen LogP) is 4.94. The molecule has 2 aromatic rings. The van der Waals surface area contributed by atoms with E-state index in [-0.39, 0.29) is 6.10 Å². The minimum absolute atomic E-state index is 0.326. The lowest BCUT2D eigenvalue weighted by atomic mass is 10.0. The number of hydrogen-bond acceptors (Lipinski definition) is 4. The van der Waals surface area contributed by atoms with Crippen LogP contribution in [0.3, 0.4) is 0 Å². The highest BCUT2D eigenvalue weighted by Gasteiger charge is 2.34. The largest absolute Gasteiger partial charge is 0.493 e. The molecule has 0 N–H and O–H groups in total. The number of ether oxygens (including phenoxy) is 3. The molecule has 7 heteroatoms. The minimum atomic E-state index is -4.38. The van der Waals surface area contributed by atoms with Gasteiger partial charge in [0.15, 0.2) is 17.6 Å². The Morgan fingerprint density at radius 2 is 1.69 bits per heavy atom. The van der Waals surface area contributed by atoms with E-state index in [4.69, 9.17) is 14.2 Å². The quantitative estimate of drug-likeness (QED) is 0.676. The zero-order valence-corrected chi connectivity index (χ0v) is 16.8. The number of halogens is 3. The summed E-state index contributed by atoms with van der Waals surface area (Å²) in [7, 11) is 1.55. The summed E-state index contributed by atoms with van der Waals surface area (Å²) in [6.07, 6.45) is -5.28. The molecule has 1 heterocycles. The van der Waals surface area contributed by atoms with E-state index in [0.29, 0.717) is 36.3 Å². The van der Waals surface area contributed by atoms with Gasteiger partial charge in [0, 0.05) is 19.1 Å². The van der Waals surface area contributed by atoms with Crippen LogP contribution in [0.25, 0.3) is 0 Å². The summed E-state index contributed by atoms with van der Waals surface area (Å²) in [5, 5.41) is 0. The molecular weight excluding hydrogens is 383 g/mol.